The molecule has 0 bridgehead atoms. The Hall–Kier alpha value is -3.48. The van der Waals surface area contributed by atoms with Gasteiger partial charge in [0.15, 0.2) is 23.2 Å². The average Bonchev–Trinajstić information content (AvgIpc) is 3.15. The number of hydrogen-bond donors (Lipinski definition) is 1. The molecule has 4 rings (SSSR count). The van der Waals surface area contributed by atoms with E-state index in [4.69, 9.17) is 9.47 Å². The fourth-order valence-corrected chi connectivity index (χ4v) is 2.48. The van der Waals surface area contributed by atoms with Crippen LogP contribution in [0.15, 0.2) is 30.6 Å². The van der Waals surface area contributed by atoms with Crippen molar-refractivity contribution in [2.75, 3.05) is 18.5 Å². The van der Waals surface area contributed by atoms with Gasteiger partial charge in [0.05, 0.1) is 37.3 Å². The highest BCUT2D eigenvalue weighted by Gasteiger charge is 2.21. The summed E-state index contributed by atoms with van der Waals surface area (Å²) in [6.45, 7) is -2.35. The van der Waals surface area contributed by atoms with Gasteiger partial charge in [0.1, 0.15) is 12.3 Å². The van der Waals surface area contributed by atoms with Crippen LogP contribution >= 0.6 is 0 Å². The molecule has 30 heavy (non-hydrogen) atoms. The quantitative estimate of drug-likeness (QED) is 0.549. The monoisotopic (exact) mass is 426 g/mol. The lowest BCUT2D eigenvalue weighted by atomic mass is 10.2. The molecule has 1 aliphatic heterocycles. The maximum absolute atomic E-state index is 13.8. The standard InChI is InChI=1S/C17H14F4N6O3/c18-12-2-1-11(3-14(12)30-16(20)21)27-5-9(25-26-27)8-29-17-22-4-13(19)15(24-17)23-10-6-28-7-10/h1-5,10,16H,6-8H2,(H,22,23,24). The van der Waals surface area contributed by atoms with Crippen molar-refractivity contribution in [2.24, 2.45) is 0 Å². The van der Waals surface area contributed by atoms with Crippen molar-refractivity contribution in [3.8, 4) is 17.4 Å². The summed E-state index contributed by atoms with van der Waals surface area (Å²) >= 11 is 0. The zero-order valence-electron chi connectivity index (χ0n) is 15.1. The number of halogens is 4. The Morgan fingerprint density at radius 3 is 2.80 bits per heavy atom. The van der Waals surface area contributed by atoms with Gasteiger partial charge < -0.3 is 19.5 Å². The smallest absolute Gasteiger partial charge is 0.387 e. The molecule has 0 unspecified atom stereocenters. The van der Waals surface area contributed by atoms with Crippen LogP contribution in [-0.4, -0.2) is 50.8 Å². The second-order valence-corrected chi connectivity index (χ2v) is 6.16. The highest BCUT2D eigenvalue weighted by Crippen LogP contribution is 2.23. The zero-order chi connectivity index (χ0) is 21.1. The predicted octanol–water partition coefficient (Wildman–Crippen LogP) is 2.33. The maximum atomic E-state index is 13.8. The Kier molecular flexibility index (Phi) is 5.61. The molecule has 0 amide bonds. The molecule has 0 saturated carbocycles. The minimum atomic E-state index is -3.17. The second-order valence-electron chi connectivity index (χ2n) is 6.16. The molecule has 0 aliphatic carbocycles. The molecule has 1 aliphatic rings. The van der Waals surface area contributed by atoms with E-state index in [1.165, 1.54) is 16.9 Å². The number of hydrogen-bond acceptors (Lipinski definition) is 8. The van der Waals surface area contributed by atoms with E-state index in [1.54, 1.807) is 0 Å². The predicted molar refractivity (Wildman–Crippen MR) is 92.5 cm³/mol. The van der Waals surface area contributed by atoms with E-state index in [0.29, 0.717) is 18.9 Å². The highest BCUT2D eigenvalue weighted by molar-refractivity contribution is 5.40. The first-order valence-electron chi connectivity index (χ1n) is 8.63. The van der Waals surface area contributed by atoms with Crippen molar-refractivity contribution in [3.63, 3.8) is 0 Å². The van der Waals surface area contributed by atoms with Crippen LogP contribution in [0.3, 0.4) is 0 Å². The Labute approximate surface area is 166 Å². The van der Waals surface area contributed by atoms with Crippen LogP contribution in [-0.2, 0) is 11.3 Å². The summed E-state index contributed by atoms with van der Waals surface area (Å²) in [6, 6.07) is 3.24. The molecule has 0 spiro atoms. The number of alkyl halides is 2. The minimum absolute atomic E-state index is 0.00479. The fourth-order valence-electron chi connectivity index (χ4n) is 2.48. The Balaban J connectivity index is 1.42. The maximum Gasteiger partial charge on any atom is 0.387 e. The normalized spacial score (nSPS) is 13.9. The Morgan fingerprint density at radius 1 is 1.23 bits per heavy atom. The Morgan fingerprint density at radius 2 is 2.07 bits per heavy atom. The summed E-state index contributed by atoms with van der Waals surface area (Å²) in [4.78, 5) is 7.72. The zero-order valence-corrected chi connectivity index (χ0v) is 15.1. The van der Waals surface area contributed by atoms with Crippen molar-refractivity contribution in [2.45, 2.75) is 19.3 Å². The molecule has 0 atom stereocenters. The van der Waals surface area contributed by atoms with Gasteiger partial charge in [-0.05, 0) is 12.1 Å². The minimum Gasteiger partial charge on any atom is -0.457 e. The van der Waals surface area contributed by atoms with Crippen molar-refractivity contribution in [1.82, 2.24) is 25.0 Å². The number of rotatable bonds is 8. The van der Waals surface area contributed by atoms with Gasteiger partial charge in [-0.1, -0.05) is 5.21 Å². The van der Waals surface area contributed by atoms with Crippen LogP contribution in [0, 0.1) is 11.6 Å². The number of aromatic nitrogens is 5. The largest absolute Gasteiger partial charge is 0.457 e. The van der Waals surface area contributed by atoms with E-state index in [1.807, 2.05) is 0 Å². The van der Waals surface area contributed by atoms with Crippen LogP contribution in [0.5, 0.6) is 11.8 Å². The van der Waals surface area contributed by atoms with E-state index in [9.17, 15) is 17.6 Å². The average molecular weight is 426 g/mol. The lowest BCUT2D eigenvalue weighted by molar-refractivity contribution is -0.0521. The van der Waals surface area contributed by atoms with Crippen molar-refractivity contribution >= 4 is 5.82 Å². The molecule has 3 heterocycles. The van der Waals surface area contributed by atoms with Gasteiger partial charge in [-0.3, -0.25) is 0 Å². The van der Waals surface area contributed by atoms with Gasteiger partial charge in [-0.2, -0.15) is 13.8 Å². The van der Waals surface area contributed by atoms with Crippen molar-refractivity contribution in [1.29, 1.82) is 0 Å². The van der Waals surface area contributed by atoms with Gasteiger partial charge in [-0.25, -0.2) is 18.4 Å². The molecule has 13 heteroatoms. The van der Waals surface area contributed by atoms with Crippen LogP contribution in [0.25, 0.3) is 5.69 Å². The van der Waals surface area contributed by atoms with Crippen LogP contribution in [0.2, 0.25) is 0 Å². The van der Waals surface area contributed by atoms with Crippen molar-refractivity contribution < 1.29 is 31.8 Å². The van der Waals surface area contributed by atoms with Gasteiger partial charge in [0.2, 0.25) is 0 Å². The van der Waals surface area contributed by atoms with Gasteiger partial charge in [0.25, 0.3) is 0 Å². The molecule has 158 valence electrons. The summed E-state index contributed by atoms with van der Waals surface area (Å²) < 4.78 is 67.8. The molecular weight excluding hydrogens is 412 g/mol. The summed E-state index contributed by atoms with van der Waals surface area (Å²) in [5.41, 5.74) is 0.587. The highest BCUT2D eigenvalue weighted by atomic mass is 19.3. The molecule has 0 radical (unpaired) electrons. The van der Waals surface area contributed by atoms with Crippen LogP contribution < -0.4 is 14.8 Å². The molecule has 3 aromatic rings. The molecule has 1 aromatic carbocycles. The van der Waals surface area contributed by atoms with E-state index in [0.717, 1.165) is 18.3 Å². The van der Waals surface area contributed by atoms with Gasteiger partial charge in [0, 0.05) is 6.07 Å². The second kappa shape index (κ2) is 8.49. The van der Waals surface area contributed by atoms with E-state index < -0.39 is 24.0 Å². The third-order valence-corrected chi connectivity index (χ3v) is 3.99. The van der Waals surface area contributed by atoms with E-state index >= 15 is 0 Å². The summed E-state index contributed by atoms with van der Waals surface area (Å²) in [5.74, 6) is -2.19. The first kappa shape index (κ1) is 19.8. The number of nitrogens with zero attached hydrogens (tertiary/aromatic N) is 5. The topological polar surface area (TPSA) is 96.2 Å². The molecule has 1 saturated heterocycles. The molecule has 2 aromatic heterocycles. The van der Waals surface area contributed by atoms with Crippen molar-refractivity contribution in [3.05, 3.63) is 47.9 Å². The number of ether oxygens (including phenoxy) is 3. The summed E-state index contributed by atoms with van der Waals surface area (Å²) in [7, 11) is 0. The molecule has 1 fully saturated rings. The molecule has 1 N–H and O–H groups in total. The summed E-state index contributed by atoms with van der Waals surface area (Å²) in [6.07, 6.45) is 2.41. The summed E-state index contributed by atoms with van der Waals surface area (Å²) in [5, 5.41) is 10.6. The van der Waals surface area contributed by atoms with Crippen LogP contribution in [0.1, 0.15) is 5.69 Å². The van der Waals surface area contributed by atoms with Gasteiger partial charge in [-0.15, -0.1) is 5.10 Å². The lowest BCUT2D eigenvalue weighted by Gasteiger charge is -2.27. The first-order chi connectivity index (χ1) is 14.5. The van der Waals surface area contributed by atoms with E-state index in [-0.39, 0.29) is 30.2 Å². The number of anilines is 1. The number of nitrogens with one attached hydrogen (secondary N) is 1. The Bertz CT molecular complexity index is 1030. The third kappa shape index (κ3) is 4.56. The van der Waals surface area contributed by atoms with E-state index in [2.05, 4.69) is 30.3 Å². The SMILES string of the molecule is Fc1ccc(-n2cc(COc3ncc(F)c(NC4COC4)n3)nn2)cc1OC(F)F. The number of benzene rings is 1. The van der Waals surface area contributed by atoms with Gasteiger partial charge >= 0.3 is 12.6 Å². The third-order valence-electron chi connectivity index (χ3n) is 3.99. The fraction of sp³-hybridized carbons (Fsp3) is 0.294. The molecule has 9 nitrogen and oxygen atoms in total. The van der Waals surface area contributed by atoms with Crippen LogP contribution in [0.4, 0.5) is 23.4 Å². The lowest BCUT2D eigenvalue weighted by Crippen LogP contribution is -2.40. The molecular formula is C17H14F4N6O3. The first-order valence-corrected chi connectivity index (χ1v) is 8.63.